The molecule has 1 N–H and O–H groups in total. The summed E-state index contributed by atoms with van der Waals surface area (Å²) in [7, 11) is 0. The second-order valence-electron chi connectivity index (χ2n) is 4.16. The molecule has 0 saturated heterocycles. The molecule has 1 aliphatic heterocycles. The minimum absolute atomic E-state index is 0.558. The van der Waals surface area contributed by atoms with Crippen LogP contribution in [0.1, 0.15) is 15.4 Å². The number of aromatic nitrogens is 1. The highest BCUT2D eigenvalue weighted by Gasteiger charge is 2.16. The molecule has 1 aromatic carbocycles. The van der Waals surface area contributed by atoms with Crippen LogP contribution >= 0.6 is 11.3 Å². The smallest absolute Gasteiger partial charge is 0.140 e. The topological polar surface area (TPSA) is 34.1 Å². The number of fused-ring (bicyclic) bond motifs is 1. The maximum absolute atomic E-state index is 5.70. The highest BCUT2D eigenvalue weighted by molar-refractivity contribution is 7.12. The van der Waals surface area contributed by atoms with E-state index in [1.165, 1.54) is 10.4 Å². The van der Waals surface area contributed by atoms with Crippen molar-refractivity contribution in [3.63, 3.8) is 0 Å². The normalized spacial score (nSPS) is 13.2. The Morgan fingerprint density at radius 2 is 2.18 bits per heavy atom. The summed E-state index contributed by atoms with van der Waals surface area (Å²) in [4.78, 5) is 5.86. The summed E-state index contributed by atoms with van der Waals surface area (Å²) in [5.41, 5.74) is 1.25. The first-order valence-electron chi connectivity index (χ1n) is 5.73. The zero-order valence-electron chi connectivity index (χ0n) is 9.69. The SMILES string of the molecule is Cc1ccc(OCc2nc3c(s2)CCN3)cc1. The van der Waals surface area contributed by atoms with Crippen LogP contribution in [0.2, 0.25) is 0 Å². The summed E-state index contributed by atoms with van der Waals surface area (Å²) in [5, 5.41) is 4.31. The van der Waals surface area contributed by atoms with Crippen molar-refractivity contribution in [1.29, 1.82) is 0 Å². The van der Waals surface area contributed by atoms with Gasteiger partial charge in [0, 0.05) is 13.0 Å². The average Bonchev–Trinajstić information content (AvgIpc) is 2.88. The van der Waals surface area contributed by atoms with E-state index in [9.17, 15) is 0 Å². The summed E-state index contributed by atoms with van der Waals surface area (Å²) in [6.07, 6.45) is 1.09. The molecule has 0 atom stereocenters. The molecule has 1 aromatic heterocycles. The van der Waals surface area contributed by atoms with Gasteiger partial charge in [0.1, 0.15) is 23.2 Å². The fraction of sp³-hybridized carbons (Fsp3) is 0.308. The quantitative estimate of drug-likeness (QED) is 0.904. The third-order valence-electron chi connectivity index (χ3n) is 2.77. The van der Waals surface area contributed by atoms with Crippen molar-refractivity contribution >= 4 is 17.2 Å². The lowest BCUT2D eigenvalue weighted by Gasteiger charge is -2.04. The van der Waals surface area contributed by atoms with Gasteiger partial charge in [0.25, 0.3) is 0 Å². The van der Waals surface area contributed by atoms with Gasteiger partial charge in [-0.25, -0.2) is 4.98 Å². The molecule has 88 valence electrons. The van der Waals surface area contributed by atoms with E-state index in [1.807, 2.05) is 12.1 Å². The standard InChI is InChI=1S/C13H14N2OS/c1-9-2-4-10(5-3-9)16-8-12-15-13-11(17-12)6-7-14-13/h2-5,14H,6-8H2,1H3. The van der Waals surface area contributed by atoms with Crippen LogP contribution in [-0.4, -0.2) is 11.5 Å². The Balaban J connectivity index is 1.65. The zero-order valence-corrected chi connectivity index (χ0v) is 10.5. The molecule has 0 amide bonds. The molecule has 0 radical (unpaired) electrons. The minimum Gasteiger partial charge on any atom is -0.486 e. The van der Waals surface area contributed by atoms with Crippen molar-refractivity contribution < 1.29 is 4.74 Å². The van der Waals surface area contributed by atoms with Gasteiger partial charge in [0.15, 0.2) is 0 Å². The second kappa shape index (κ2) is 4.37. The molecule has 4 heteroatoms. The van der Waals surface area contributed by atoms with E-state index in [1.54, 1.807) is 11.3 Å². The van der Waals surface area contributed by atoms with Crippen LogP contribution < -0.4 is 10.1 Å². The molecule has 3 nitrogen and oxygen atoms in total. The summed E-state index contributed by atoms with van der Waals surface area (Å²) in [6, 6.07) is 8.10. The largest absolute Gasteiger partial charge is 0.486 e. The lowest BCUT2D eigenvalue weighted by Crippen LogP contribution is -1.98. The Kier molecular flexibility index (Phi) is 2.73. The number of anilines is 1. The van der Waals surface area contributed by atoms with E-state index in [4.69, 9.17) is 4.74 Å². The van der Waals surface area contributed by atoms with Crippen LogP contribution in [0.3, 0.4) is 0 Å². The first-order chi connectivity index (χ1) is 8.31. The average molecular weight is 246 g/mol. The molecule has 0 fully saturated rings. The molecule has 1 aliphatic rings. The fourth-order valence-electron chi connectivity index (χ4n) is 1.84. The third-order valence-corrected chi connectivity index (χ3v) is 3.86. The van der Waals surface area contributed by atoms with Crippen LogP contribution in [0.25, 0.3) is 0 Å². The van der Waals surface area contributed by atoms with Crippen molar-refractivity contribution in [1.82, 2.24) is 4.98 Å². The van der Waals surface area contributed by atoms with Crippen LogP contribution in [-0.2, 0) is 13.0 Å². The summed E-state index contributed by atoms with van der Waals surface area (Å²) in [5.74, 6) is 1.96. The first-order valence-corrected chi connectivity index (χ1v) is 6.55. The predicted molar refractivity (Wildman–Crippen MR) is 69.8 cm³/mol. The Labute approximate surface area is 104 Å². The Morgan fingerprint density at radius 3 is 2.94 bits per heavy atom. The second-order valence-corrected chi connectivity index (χ2v) is 5.33. The minimum atomic E-state index is 0.558. The van der Waals surface area contributed by atoms with E-state index >= 15 is 0 Å². The Hall–Kier alpha value is -1.55. The maximum atomic E-state index is 5.70. The van der Waals surface area contributed by atoms with E-state index in [-0.39, 0.29) is 0 Å². The van der Waals surface area contributed by atoms with Gasteiger partial charge in [-0.1, -0.05) is 17.7 Å². The summed E-state index contributed by atoms with van der Waals surface area (Å²) in [6.45, 7) is 3.65. The summed E-state index contributed by atoms with van der Waals surface area (Å²) < 4.78 is 5.70. The molecular weight excluding hydrogens is 232 g/mol. The van der Waals surface area contributed by atoms with E-state index < -0.39 is 0 Å². The molecule has 0 bridgehead atoms. The number of thiazole rings is 1. The highest BCUT2D eigenvalue weighted by Crippen LogP contribution is 2.28. The van der Waals surface area contributed by atoms with Crippen molar-refractivity contribution in [2.75, 3.05) is 11.9 Å². The molecular formula is C13H14N2OS. The van der Waals surface area contributed by atoms with Gasteiger partial charge in [-0.3, -0.25) is 0 Å². The van der Waals surface area contributed by atoms with E-state index in [0.29, 0.717) is 6.61 Å². The lowest BCUT2D eigenvalue weighted by atomic mass is 10.2. The van der Waals surface area contributed by atoms with Gasteiger partial charge in [-0.15, -0.1) is 11.3 Å². The molecule has 0 saturated carbocycles. The van der Waals surface area contributed by atoms with Gasteiger partial charge in [-0.05, 0) is 19.1 Å². The number of aryl methyl sites for hydroxylation is 1. The van der Waals surface area contributed by atoms with Crippen LogP contribution in [0.4, 0.5) is 5.82 Å². The molecule has 0 spiro atoms. The third kappa shape index (κ3) is 2.26. The van der Waals surface area contributed by atoms with Gasteiger partial charge in [0.2, 0.25) is 0 Å². The molecule has 17 heavy (non-hydrogen) atoms. The number of ether oxygens (including phenoxy) is 1. The number of nitrogens with zero attached hydrogens (tertiary/aromatic N) is 1. The highest BCUT2D eigenvalue weighted by atomic mass is 32.1. The maximum Gasteiger partial charge on any atom is 0.140 e. The predicted octanol–water partition coefficient (Wildman–Crippen LogP) is 3.00. The first kappa shape index (κ1) is 10.6. The Morgan fingerprint density at radius 1 is 1.35 bits per heavy atom. The van der Waals surface area contributed by atoms with E-state index in [2.05, 4.69) is 29.4 Å². The lowest BCUT2D eigenvalue weighted by molar-refractivity contribution is 0.305. The molecule has 2 aromatic rings. The van der Waals surface area contributed by atoms with Gasteiger partial charge < -0.3 is 10.1 Å². The number of benzene rings is 1. The zero-order chi connectivity index (χ0) is 11.7. The number of nitrogens with one attached hydrogen (secondary N) is 1. The van der Waals surface area contributed by atoms with Crippen molar-refractivity contribution in [2.45, 2.75) is 20.0 Å². The molecule has 0 unspecified atom stereocenters. The van der Waals surface area contributed by atoms with Gasteiger partial charge >= 0.3 is 0 Å². The Bertz CT molecular complexity index is 497. The van der Waals surface area contributed by atoms with Crippen molar-refractivity contribution in [3.8, 4) is 5.75 Å². The van der Waals surface area contributed by atoms with Crippen LogP contribution in [0.15, 0.2) is 24.3 Å². The summed E-state index contributed by atoms with van der Waals surface area (Å²) >= 11 is 1.75. The van der Waals surface area contributed by atoms with Crippen LogP contribution in [0, 0.1) is 6.92 Å². The van der Waals surface area contributed by atoms with Gasteiger partial charge in [0.05, 0.1) is 4.88 Å². The fourth-order valence-corrected chi connectivity index (χ4v) is 2.80. The van der Waals surface area contributed by atoms with E-state index in [0.717, 1.165) is 29.5 Å². The van der Waals surface area contributed by atoms with Crippen LogP contribution in [0.5, 0.6) is 5.75 Å². The monoisotopic (exact) mass is 246 g/mol. The molecule has 3 rings (SSSR count). The number of rotatable bonds is 3. The number of hydrogen-bond donors (Lipinski definition) is 1. The molecule has 2 heterocycles. The molecule has 0 aliphatic carbocycles. The van der Waals surface area contributed by atoms with Crippen molar-refractivity contribution in [2.24, 2.45) is 0 Å². The van der Waals surface area contributed by atoms with Gasteiger partial charge in [-0.2, -0.15) is 0 Å². The number of hydrogen-bond acceptors (Lipinski definition) is 4. The van der Waals surface area contributed by atoms with Crippen molar-refractivity contribution in [3.05, 3.63) is 39.7 Å².